The Labute approximate surface area is 695 Å². The molecule has 0 saturated heterocycles. The van der Waals surface area contributed by atoms with Crippen LogP contribution in [0.3, 0.4) is 0 Å². The second-order valence-electron chi connectivity index (χ2n) is 24.4. The second-order valence-corrected chi connectivity index (χ2v) is 42.0. The third kappa shape index (κ3) is 16.7. The maximum absolute atomic E-state index is 12.9. The van der Waals surface area contributed by atoms with E-state index >= 15 is 0 Å². The van der Waals surface area contributed by atoms with Crippen LogP contribution in [0.1, 0.15) is 93.5 Å². The summed E-state index contributed by atoms with van der Waals surface area (Å²) < 4.78 is 49.2. The third-order valence-electron chi connectivity index (χ3n) is 17.6. The zero-order chi connectivity index (χ0) is 68.7. The lowest BCUT2D eigenvalue weighted by Gasteiger charge is -2.21. The minimum atomic E-state index is -4.31. The Balaban J connectivity index is 0.000000118. The van der Waals surface area contributed by atoms with Crippen LogP contribution in [0.4, 0.5) is 13.2 Å². The largest absolute Gasteiger partial charge is 0.416 e. The van der Waals surface area contributed by atoms with Gasteiger partial charge in [-0.3, -0.25) is 0 Å². The Morgan fingerprint density at radius 1 is 0.347 bits per heavy atom. The molecule has 0 radical (unpaired) electrons. The molecule has 15 heteroatoms. The van der Waals surface area contributed by atoms with Crippen LogP contribution in [0, 0.1) is 35.5 Å². The van der Waals surface area contributed by atoms with Crippen molar-refractivity contribution < 1.29 is 13.2 Å². The van der Waals surface area contributed by atoms with E-state index in [-0.39, 0.29) is 43.6 Å². The predicted molar refractivity (Wildman–Crippen MR) is 472 cm³/mol. The summed E-state index contributed by atoms with van der Waals surface area (Å²) in [6.45, 7) is 8.88. The highest BCUT2D eigenvalue weighted by Gasteiger charge is 2.43. The number of fused-ring (bicyclic) bond motifs is 8. The molecule has 0 bridgehead atoms. The summed E-state index contributed by atoms with van der Waals surface area (Å²) in [6, 6.07) is 87.4. The summed E-state index contributed by atoms with van der Waals surface area (Å²) >= 11 is 19.3. The molecule has 16 rings (SSSR count). The molecule has 4 heterocycles. The Hall–Kier alpha value is -2.33. The van der Waals surface area contributed by atoms with Crippen LogP contribution in [-0.4, -0.2) is 0 Å². The summed E-state index contributed by atoms with van der Waals surface area (Å²) in [4.78, 5) is 16.6. The highest BCUT2D eigenvalue weighted by molar-refractivity contribution is 14.1. The van der Waals surface area contributed by atoms with Gasteiger partial charge in [-0.05, 0) is 399 Å². The lowest BCUT2D eigenvalue weighted by Crippen LogP contribution is -2.17. The van der Waals surface area contributed by atoms with E-state index in [1.165, 1.54) is 156 Å². The van der Waals surface area contributed by atoms with Gasteiger partial charge in [0.15, 0.2) is 58.7 Å². The summed E-state index contributed by atoms with van der Waals surface area (Å²) in [7, 11) is -0.370. The van der Waals surface area contributed by atoms with Gasteiger partial charge in [-0.15, -0.1) is 0 Å². The molecule has 1 unspecified atom stereocenters. The number of rotatable bonds is 6. The third-order valence-corrected chi connectivity index (χ3v) is 34.4. The summed E-state index contributed by atoms with van der Waals surface area (Å²) in [5, 5.41) is 0. The first-order valence-corrected chi connectivity index (χ1v) is 45.3. The SMILES string of the molecule is CC(C)c1ccc([S+]2c3ccc(I)cc3Cc3cc(I)ccc32)cc1.CCc1ccc([S+]2c3ccc(I)cc3Cc3cc(I)ccc32)cc1.Cc1ccc([S+]2c3ccc(I)cc3Cc3cc(I)ccc32)cc1.FC(F)(F)c1ccc([S+]2c3ccccc3Cc3c2ccc(I)c3I)cc1. The minimum Gasteiger partial charge on any atom is -0.166 e. The average Bonchev–Trinajstić information content (AvgIpc) is 0.777. The van der Waals surface area contributed by atoms with Gasteiger partial charge in [-0.1, -0.05) is 80.9 Å². The fourth-order valence-corrected chi connectivity index (χ4v) is 26.8. The van der Waals surface area contributed by atoms with Crippen molar-refractivity contribution in [3.8, 4) is 0 Å². The molecule has 98 heavy (non-hydrogen) atoms. The van der Waals surface area contributed by atoms with Gasteiger partial charge < -0.3 is 0 Å². The van der Waals surface area contributed by atoms with Crippen LogP contribution < -0.4 is 0 Å². The van der Waals surface area contributed by atoms with E-state index in [9.17, 15) is 13.2 Å². The fraction of sp³-hybridized carbons (Fsp3) is 0.133. The van der Waals surface area contributed by atoms with E-state index in [1.807, 2.05) is 12.1 Å². The molecule has 492 valence electrons. The number of halogens is 11. The smallest absolute Gasteiger partial charge is 0.166 e. The van der Waals surface area contributed by atoms with E-state index in [2.05, 4.69) is 415 Å². The number of benzene rings is 12. The van der Waals surface area contributed by atoms with Crippen molar-refractivity contribution in [2.75, 3.05) is 0 Å². The van der Waals surface area contributed by atoms with Crippen molar-refractivity contribution >= 4 is 224 Å². The van der Waals surface area contributed by atoms with Gasteiger partial charge in [0.25, 0.3) is 0 Å². The lowest BCUT2D eigenvalue weighted by atomic mass is 10.0. The van der Waals surface area contributed by atoms with E-state index in [0.29, 0.717) is 5.92 Å². The molecule has 0 N–H and O–H groups in total. The van der Waals surface area contributed by atoms with Gasteiger partial charge in [-0.25, -0.2) is 0 Å². The predicted octanol–water partition coefficient (Wildman–Crippen LogP) is 26.6. The molecule has 0 aliphatic carbocycles. The van der Waals surface area contributed by atoms with Crippen LogP contribution >= 0.6 is 181 Å². The molecule has 0 saturated carbocycles. The zero-order valence-electron chi connectivity index (χ0n) is 53.5. The van der Waals surface area contributed by atoms with E-state index < -0.39 is 11.7 Å². The van der Waals surface area contributed by atoms with Crippen molar-refractivity contribution in [1.29, 1.82) is 0 Å². The molecule has 0 nitrogen and oxygen atoms in total. The molecular formula is C83H63F3I8S4+4. The van der Waals surface area contributed by atoms with Crippen molar-refractivity contribution in [3.63, 3.8) is 0 Å². The second kappa shape index (κ2) is 32.6. The maximum Gasteiger partial charge on any atom is 0.416 e. The van der Waals surface area contributed by atoms with Crippen molar-refractivity contribution in [3.05, 3.63) is 338 Å². The molecule has 1 atom stereocenters. The van der Waals surface area contributed by atoms with Gasteiger partial charge in [0.05, 0.1) is 49.1 Å². The first-order valence-electron chi connectivity index (χ1n) is 31.8. The highest BCUT2D eigenvalue weighted by atomic mass is 127. The summed E-state index contributed by atoms with van der Waals surface area (Å²) in [5.41, 5.74) is 15.0. The van der Waals surface area contributed by atoms with Gasteiger partial charge in [0, 0.05) is 98.8 Å². The standard InChI is InChI=1S/C22H19I2S.C21H17I2S.C20H12F3I2S.C20H15I2S/c1-14(2)15-3-7-20(8-4-15)25-21-9-5-18(23)12-16(21)11-17-13-19(24)6-10-22(17)25;1-2-14-3-7-19(8-4-14)24-20-9-5-17(22)12-15(20)11-16-13-18(23)6-10-21(16)24;21-20(22,23)13-5-7-14(8-6-13)26-17-4-2-1-3-12(17)11-15-18(26)10-9-16(24)19(15)25;1-13-2-6-18(7-3-13)23-19-8-4-16(21)11-14(19)10-15-12-17(22)5-9-20(15)23/h3-10,12-14H,11H2,1-2H3;3-10,12-13H,2,11H2,1H3;1-10H,11H2;2-9,11-12H,10H2,1H3/q4*+1. The molecule has 0 spiro atoms. The monoisotopic (exact) mass is 2260 g/mol. The molecule has 0 aromatic heterocycles. The topological polar surface area (TPSA) is 0 Å². The van der Waals surface area contributed by atoms with Gasteiger partial charge >= 0.3 is 6.18 Å². The normalized spacial score (nSPS) is 14.2. The van der Waals surface area contributed by atoms with Crippen LogP contribution in [0.2, 0.25) is 0 Å². The molecule has 12 aromatic carbocycles. The average molecular weight is 2260 g/mol. The first kappa shape index (κ1) is 74.0. The molecule has 0 amide bonds. The molecule has 4 aliphatic rings. The van der Waals surface area contributed by atoms with E-state index in [0.717, 1.165) is 37.0 Å². The van der Waals surface area contributed by atoms with Gasteiger partial charge in [0.1, 0.15) is 0 Å². The molecular weight excluding hydrogens is 2200 g/mol. The summed E-state index contributed by atoms with van der Waals surface area (Å²) in [5.74, 6) is 0.575. The van der Waals surface area contributed by atoms with Crippen molar-refractivity contribution in [2.24, 2.45) is 0 Å². The molecule has 0 fully saturated rings. The van der Waals surface area contributed by atoms with Gasteiger partial charge in [-0.2, -0.15) is 13.2 Å². The van der Waals surface area contributed by atoms with Gasteiger partial charge in [0.2, 0.25) is 0 Å². The number of alkyl halides is 3. The van der Waals surface area contributed by atoms with E-state index in [4.69, 9.17) is 0 Å². The Morgan fingerprint density at radius 2 is 0.663 bits per heavy atom. The highest BCUT2D eigenvalue weighted by Crippen LogP contribution is 2.47. The quantitative estimate of drug-likeness (QED) is 0.115. The van der Waals surface area contributed by atoms with Crippen molar-refractivity contribution in [1.82, 2.24) is 0 Å². The Morgan fingerprint density at radius 3 is 1.02 bits per heavy atom. The number of aryl methyl sites for hydroxylation is 2. The Kier molecular flexibility index (Phi) is 24.6. The number of hydrogen-bond acceptors (Lipinski definition) is 0. The fourth-order valence-electron chi connectivity index (χ4n) is 12.7. The van der Waals surface area contributed by atoms with Crippen LogP contribution in [0.15, 0.2) is 301 Å². The number of hydrogen-bond donors (Lipinski definition) is 0. The Bertz CT molecular complexity index is 4790. The van der Waals surface area contributed by atoms with Crippen molar-refractivity contribution in [2.45, 2.75) is 131 Å². The minimum absolute atomic E-state index is 0.00263. The molecule has 4 aliphatic heterocycles. The summed E-state index contributed by atoms with van der Waals surface area (Å²) in [6.07, 6.45) is 0.798. The molecule has 12 aromatic rings. The maximum atomic E-state index is 12.9. The van der Waals surface area contributed by atoms with Crippen LogP contribution in [0.25, 0.3) is 0 Å². The van der Waals surface area contributed by atoms with Crippen LogP contribution in [-0.2, 0) is 81.9 Å². The van der Waals surface area contributed by atoms with E-state index in [1.54, 1.807) is 12.1 Å². The first-order chi connectivity index (χ1) is 47.2. The van der Waals surface area contributed by atoms with Crippen LogP contribution in [0.5, 0.6) is 0 Å². The lowest BCUT2D eigenvalue weighted by molar-refractivity contribution is -0.137. The zero-order valence-corrected chi connectivity index (χ0v) is 74.0.